The first-order valence-electron chi connectivity index (χ1n) is 7.45. The van der Waals surface area contributed by atoms with E-state index < -0.39 is 5.54 Å². The summed E-state index contributed by atoms with van der Waals surface area (Å²) in [5.74, 6) is -0.138. The van der Waals surface area contributed by atoms with Crippen LogP contribution in [0, 0.1) is 6.92 Å². The van der Waals surface area contributed by atoms with Crippen LogP contribution < -0.4 is 5.32 Å². The van der Waals surface area contributed by atoms with Crippen LogP contribution in [0.15, 0.2) is 6.20 Å². The number of likely N-dealkylation sites (tertiary alicyclic amines) is 1. The van der Waals surface area contributed by atoms with Crippen LogP contribution in [-0.2, 0) is 21.4 Å². The zero-order valence-corrected chi connectivity index (χ0v) is 13.7. The van der Waals surface area contributed by atoms with Gasteiger partial charge in [-0.15, -0.1) is 0 Å². The molecule has 1 aliphatic heterocycles. The zero-order valence-electron chi connectivity index (χ0n) is 13.7. The van der Waals surface area contributed by atoms with Crippen molar-refractivity contribution in [2.45, 2.75) is 38.6 Å². The number of carbonyl (C=O) groups is 2. The molecule has 0 bridgehead atoms. The van der Waals surface area contributed by atoms with Gasteiger partial charge in [-0.25, -0.2) is 0 Å². The molecule has 0 radical (unpaired) electrons. The number of nitrogens with zero attached hydrogens (tertiary/aromatic N) is 3. The molecule has 1 aromatic heterocycles. The van der Waals surface area contributed by atoms with Crippen molar-refractivity contribution < 1.29 is 14.3 Å². The van der Waals surface area contributed by atoms with Crippen molar-refractivity contribution in [1.82, 2.24) is 14.7 Å². The standard InChI is InChI=1S/C15H24N4O3/c1-11-13(9-16-18(11)3)17-14(21)8-15(10-22-4)6-5-7-19(15)12(2)20/h9H,5-8,10H2,1-4H3,(H,17,21). The second-order valence-electron chi connectivity index (χ2n) is 5.92. The van der Waals surface area contributed by atoms with E-state index in [0.717, 1.165) is 18.5 Å². The van der Waals surface area contributed by atoms with E-state index in [2.05, 4.69) is 10.4 Å². The highest BCUT2D eigenvalue weighted by Gasteiger charge is 2.44. The Balaban J connectivity index is 2.12. The summed E-state index contributed by atoms with van der Waals surface area (Å²) in [6.07, 6.45) is 3.53. The van der Waals surface area contributed by atoms with Crippen LogP contribution in [0.4, 0.5) is 5.69 Å². The van der Waals surface area contributed by atoms with Crippen molar-refractivity contribution in [3.05, 3.63) is 11.9 Å². The Morgan fingerprint density at radius 1 is 1.50 bits per heavy atom. The number of amides is 2. The number of anilines is 1. The lowest BCUT2D eigenvalue weighted by molar-refractivity contribution is -0.136. The largest absolute Gasteiger partial charge is 0.382 e. The Kier molecular flexibility index (Phi) is 4.85. The first-order valence-corrected chi connectivity index (χ1v) is 7.45. The summed E-state index contributed by atoms with van der Waals surface area (Å²) < 4.78 is 7.00. The van der Waals surface area contributed by atoms with Crippen molar-refractivity contribution in [2.75, 3.05) is 25.6 Å². The Bertz CT molecular complexity index is 569. The third-order valence-electron chi connectivity index (χ3n) is 4.39. The van der Waals surface area contributed by atoms with E-state index in [-0.39, 0.29) is 18.2 Å². The number of aromatic nitrogens is 2. The summed E-state index contributed by atoms with van der Waals surface area (Å²) >= 11 is 0. The molecule has 2 rings (SSSR count). The second kappa shape index (κ2) is 6.48. The van der Waals surface area contributed by atoms with Gasteiger partial charge >= 0.3 is 0 Å². The molecule has 1 atom stereocenters. The maximum atomic E-state index is 12.4. The van der Waals surface area contributed by atoms with Gasteiger partial charge in [-0.1, -0.05) is 0 Å². The highest BCUT2D eigenvalue weighted by molar-refractivity contribution is 5.92. The molecule has 2 amide bonds. The number of nitrogens with one attached hydrogen (secondary N) is 1. The third kappa shape index (κ3) is 3.14. The average Bonchev–Trinajstić information content (AvgIpc) is 2.98. The van der Waals surface area contributed by atoms with Crippen LogP contribution in [0.5, 0.6) is 0 Å². The quantitative estimate of drug-likeness (QED) is 0.883. The van der Waals surface area contributed by atoms with Crippen molar-refractivity contribution in [3.8, 4) is 0 Å². The molecular weight excluding hydrogens is 284 g/mol. The van der Waals surface area contributed by atoms with Gasteiger partial charge in [0.2, 0.25) is 11.8 Å². The van der Waals surface area contributed by atoms with Crippen molar-refractivity contribution >= 4 is 17.5 Å². The monoisotopic (exact) mass is 308 g/mol. The fraction of sp³-hybridized carbons (Fsp3) is 0.667. The first kappa shape index (κ1) is 16.5. The number of methoxy groups -OCH3 is 1. The number of ether oxygens (including phenoxy) is 1. The Morgan fingerprint density at radius 2 is 2.23 bits per heavy atom. The summed E-state index contributed by atoms with van der Waals surface area (Å²) in [6.45, 7) is 4.48. The van der Waals surface area contributed by atoms with E-state index >= 15 is 0 Å². The van der Waals surface area contributed by atoms with Crippen molar-refractivity contribution in [1.29, 1.82) is 0 Å². The summed E-state index contributed by atoms with van der Waals surface area (Å²) in [5.41, 5.74) is 1.05. The molecule has 2 heterocycles. The lowest BCUT2D eigenvalue weighted by atomic mass is 9.92. The molecule has 7 nitrogen and oxygen atoms in total. The molecule has 1 aliphatic rings. The Hall–Kier alpha value is -1.89. The lowest BCUT2D eigenvalue weighted by Crippen LogP contribution is -2.51. The van der Waals surface area contributed by atoms with Gasteiger partial charge < -0.3 is 15.0 Å². The summed E-state index contributed by atoms with van der Waals surface area (Å²) in [5, 5.41) is 7.00. The number of carbonyl (C=O) groups excluding carboxylic acids is 2. The normalized spacial score (nSPS) is 21.2. The maximum Gasteiger partial charge on any atom is 0.226 e. The maximum absolute atomic E-state index is 12.4. The van der Waals surface area contributed by atoms with Crippen LogP contribution >= 0.6 is 0 Å². The summed E-state index contributed by atoms with van der Waals surface area (Å²) in [7, 11) is 3.42. The lowest BCUT2D eigenvalue weighted by Gasteiger charge is -2.37. The van der Waals surface area contributed by atoms with Crippen LogP contribution in [0.3, 0.4) is 0 Å². The van der Waals surface area contributed by atoms with Gasteiger partial charge in [0.25, 0.3) is 0 Å². The number of aryl methyl sites for hydroxylation is 1. The van der Waals surface area contributed by atoms with Gasteiger partial charge in [-0.3, -0.25) is 14.3 Å². The first-order chi connectivity index (χ1) is 10.4. The molecule has 0 aliphatic carbocycles. The fourth-order valence-electron chi connectivity index (χ4n) is 3.20. The van der Waals surface area contributed by atoms with Crippen molar-refractivity contribution in [2.24, 2.45) is 7.05 Å². The van der Waals surface area contributed by atoms with E-state index in [1.165, 1.54) is 0 Å². The summed E-state index contributed by atoms with van der Waals surface area (Å²) in [4.78, 5) is 26.1. The highest BCUT2D eigenvalue weighted by Crippen LogP contribution is 2.33. The molecule has 1 aromatic rings. The number of hydrogen-bond donors (Lipinski definition) is 1. The Labute approximate surface area is 130 Å². The molecule has 0 saturated carbocycles. The zero-order chi connectivity index (χ0) is 16.3. The molecule has 7 heteroatoms. The predicted molar refractivity (Wildman–Crippen MR) is 82.4 cm³/mol. The van der Waals surface area contributed by atoms with E-state index in [1.54, 1.807) is 29.8 Å². The van der Waals surface area contributed by atoms with E-state index in [9.17, 15) is 9.59 Å². The fourth-order valence-corrected chi connectivity index (χ4v) is 3.20. The van der Waals surface area contributed by atoms with Gasteiger partial charge in [0.1, 0.15) is 0 Å². The van der Waals surface area contributed by atoms with Gasteiger partial charge in [0, 0.05) is 27.6 Å². The minimum atomic E-state index is -0.541. The van der Waals surface area contributed by atoms with Gasteiger partial charge in [0.05, 0.1) is 36.1 Å². The smallest absolute Gasteiger partial charge is 0.226 e. The predicted octanol–water partition coefficient (Wildman–Crippen LogP) is 1.08. The van der Waals surface area contributed by atoms with Gasteiger partial charge in [-0.2, -0.15) is 5.10 Å². The Morgan fingerprint density at radius 3 is 2.77 bits per heavy atom. The molecule has 22 heavy (non-hydrogen) atoms. The van der Waals surface area contributed by atoms with Crippen LogP contribution in [0.25, 0.3) is 0 Å². The second-order valence-corrected chi connectivity index (χ2v) is 5.92. The van der Waals surface area contributed by atoms with Crippen LogP contribution in [-0.4, -0.2) is 52.3 Å². The minimum absolute atomic E-state index is 0.0140. The van der Waals surface area contributed by atoms with Gasteiger partial charge in [-0.05, 0) is 19.8 Å². The number of rotatable bonds is 5. The highest BCUT2D eigenvalue weighted by atomic mass is 16.5. The topological polar surface area (TPSA) is 76.5 Å². The molecule has 1 N–H and O–H groups in total. The molecule has 122 valence electrons. The molecule has 1 fully saturated rings. The molecular formula is C15H24N4O3. The van der Waals surface area contributed by atoms with Gasteiger partial charge in [0.15, 0.2) is 0 Å². The third-order valence-corrected chi connectivity index (χ3v) is 4.39. The molecule has 1 unspecified atom stereocenters. The van der Waals surface area contributed by atoms with E-state index in [4.69, 9.17) is 4.74 Å². The van der Waals surface area contributed by atoms with Crippen LogP contribution in [0.1, 0.15) is 31.9 Å². The van der Waals surface area contributed by atoms with Crippen LogP contribution in [0.2, 0.25) is 0 Å². The minimum Gasteiger partial charge on any atom is -0.382 e. The molecule has 0 spiro atoms. The number of hydrogen-bond acceptors (Lipinski definition) is 4. The average molecular weight is 308 g/mol. The van der Waals surface area contributed by atoms with E-state index in [1.807, 2.05) is 14.0 Å². The SMILES string of the molecule is COCC1(CC(=O)Nc2cnn(C)c2C)CCCN1C(C)=O. The van der Waals surface area contributed by atoms with Crippen molar-refractivity contribution in [3.63, 3.8) is 0 Å². The molecule has 1 saturated heterocycles. The van der Waals surface area contributed by atoms with E-state index in [0.29, 0.717) is 18.8 Å². The summed E-state index contributed by atoms with van der Waals surface area (Å²) in [6, 6.07) is 0. The molecule has 0 aromatic carbocycles.